The van der Waals surface area contributed by atoms with Gasteiger partial charge in [0.15, 0.2) is 6.61 Å². The number of carbonyl (C=O) groups excluding carboxylic acids is 3. The van der Waals surface area contributed by atoms with Crippen LogP contribution in [0.1, 0.15) is 42.6 Å². The normalized spacial score (nSPS) is 14.3. The first-order valence-corrected chi connectivity index (χ1v) is 11.3. The molecule has 0 unspecified atom stereocenters. The number of piperidine rings is 1. The SMILES string of the molecule is CC(C)N(Cc1ccccc1)C(=O)COC(=O)C1CCN(C(=O)c2ccc(Cl)cc2)CC1. The topological polar surface area (TPSA) is 66.9 Å². The minimum absolute atomic E-state index is 0.0106. The first-order valence-electron chi connectivity index (χ1n) is 10.9. The van der Waals surface area contributed by atoms with Crippen molar-refractivity contribution in [3.8, 4) is 0 Å². The molecule has 2 aromatic carbocycles. The molecule has 0 bridgehead atoms. The monoisotopic (exact) mass is 456 g/mol. The standard InChI is InChI=1S/C25H29ClN2O4/c1-18(2)28(16-19-6-4-3-5-7-19)23(29)17-32-25(31)21-12-14-27(15-13-21)24(30)20-8-10-22(26)11-9-20/h3-11,18,21H,12-17H2,1-2H3. The van der Waals surface area contributed by atoms with Gasteiger partial charge in [0.1, 0.15) is 0 Å². The minimum atomic E-state index is -0.375. The van der Waals surface area contributed by atoms with E-state index in [4.69, 9.17) is 16.3 Å². The zero-order valence-electron chi connectivity index (χ0n) is 18.5. The van der Waals surface area contributed by atoms with Crippen LogP contribution in [0.15, 0.2) is 54.6 Å². The Kier molecular flexibility index (Phi) is 8.28. The molecule has 170 valence electrons. The van der Waals surface area contributed by atoms with Crippen molar-refractivity contribution in [2.45, 2.75) is 39.3 Å². The molecule has 0 spiro atoms. The second-order valence-corrected chi connectivity index (χ2v) is 8.72. The number of likely N-dealkylation sites (tertiary alicyclic amines) is 1. The van der Waals surface area contributed by atoms with Gasteiger partial charge in [-0.15, -0.1) is 0 Å². The van der Waals surface area contributed by atoms with Crippen LogP contribution in [0.4, 0.5) is 0 Å². The Morgan fingerprint density at radius 2 is 1.66 bits per heavy atom. The minimum Gasteiger partial charge on any atom is -0.455 e. The van der Waals surface area contributed by atoms with Crippen LogP contribution in [0.2, 0.25) is 5.02 Å². The van der Waals surface area contributed by atoms with E-state index in [0.29, 0.717) is 43.1 Å². The van der Waals surface area contributed by atoms with E-state index >= 15 is 0 Å². The van der Waals surface area contributed by atoms with Gasteiger partial charge in [0.25, 0.3) is 11.8 Å². The fourth-order valence-corrected chi connectivity index (χ4v) is 3.89. The predicted molar refractivity (Wildman–Crippen MR) is 123 cm³/mol. The third kappa shape index (κ3) is 6.33. The molecule has 1 heterocycles. The van der Waals surface area contributed by atoms with Crippen LogP contribution in [-0.2, 0) is 20.9 Å². The smallest absolute Gasteiger partial charge is 0.309 e. The first kappa shape index (κ1) is 23.8. The number of halogens is 1. The Labute approximate surface area is 194 Å². The fraction of sp³-hybridized carbons (Fsp3) is 0.400. The number of hydrogen-bond acceptors (Lipinski definition) is 4. The highest BCUT2D eigenvalue weighted by molar-refractivity contribution is 6.30. The number of nitrogens with zero attached hydrogens (tertiary/aromatic N) is 2. The largest absolute Gasteiger partial charge is 0.455 e. The van der Waals surface area contributed by atoms with E-state index in [9.17, 15) is 14.4 Å². The average molecular weight is 457 g/mol. The van der Waals surface area contributed by atoms with Crippen molar-refractivity contribution in [3.05, 3.63) is 70.7 Å². The van der Waals surface area contributed by atoms with Gasteiger partial charge in [0, 0.05) is 36.3 Å². The van der Waals surface area contributed by atoms with E-state index in [2.05, 4.69) is 0 Å². The molecule has 0 N–H and O–H groups in total. The van der Waals surface area contributed by atoms with Crippen LogP contribution in [0.5, 0.6) is 0 Å². The summed E-state index contributed by atoms with van der Waals surface area (Å²) in [6, 6.07) is 16.5. The van der Waals surface area contributed by atoms with Gasteiger partial charge in [-0.1, -0.05) is 41.9 Å². The lowest BCUT2D eigenvalue weighted by Gasteiger charge is -2.31. The molecule has 1 aliphatic heterocycles. The molecular formula is C25H29ClN2O4. The summed E-state index contributed by atoms with van der Waals surface area (Å²) in [4.78, 5) is 41.3. The molecule has 6 nitrogen and oxygen atoms in total. The molecule has 2 amide bonds. The van der Waals surface area contributed by atoms with Gasteiger partial charge in [-0.05, 0) is 56.5 Å². The summed E-state index contributed by atoms with van der Waals surface area (Å²) in [5, 5.41) is 0.581. The van der Waals surface area contributed by atoms with Crippen molar-refractivity contribution in [2.24, 2.45) is 5.92 Å². The van der Waals surface area contributed by atoms with Crippen molar-refractivity contribution >= 4 is 29.4 Å². The molecule has 0 atom stereocenters. The number of esters is 1. The molecule has 0 saturated carbocycles. The Morgan fingerprint density at radius 3 is 2.25 bits per heavy atom. The number of carbonyl (C=O) groups is 3. The van der Waals surface area contributed by atoms with Crippen molar-refractivity contribution in [2.75, 3.05) is 19.7 Å². The maximum Gasteiger partial charge on any atom is 0.309 e. The Morgan fingerprint density at radius 1 is 1.03 bits per heavy atom. The molecule has 7 heteroatoms. The highest BCUT2D eigenvalue weighted by Gasteiger charge is 2.29. The lowest BCUT2D eigenvalue weighted by Crippen LogP contribution is -2.42. The van der Waals surface area contributed by atoms with Crippen LogP contribution in [0.25, 0.3) is 0 Å². The average Bonchev–Trinajstić information content (AvgIpc) is 2.81. The molecule has 1 fully saturated rings. The molecule has 3 rings (SSSR count). The summed E-state index contributed by atoms with van der Waals surface area (Å²) in [6.45, 7) is 5.03. The molecule has 0 aliphatic carbocycles. The maximum absolute atomic E-state index is 12.7. The molecular weight excluding hydrogens is 428 g/mol. The van der Waals surface area contributed by atoms with Crippen LogP contribution in [0.3, 0.4) is 0 Å². The van der Waals surface area contributed by atoms with Gasteiger partial charge >= 0.3 is 5.97 Å². The summed E-state index contributed by atoms with van der Waals surface area (Å²) in [5.74, 6) is -0.969. The number of amides is 2. The van der Waals surface area contributed by atoms with Gasteiger partial charge in [0.05, 0.1) is 5.92 Å². The number of benzene rings is 2. The van der Waals surface area contributed by atoms with Gasteiger partial charge in [0.2, 0.25) is 0 Å². The molecule has 32 heavy (non-hydrogen) atoms. The predicted octanol–water partition coefficient (Wildman–Crippen LogP) is 4.17. The second kappa shape index (κ2) is 11.1. The Hall–Kier alpha value is -2.86. The van der Waals surface area contributed by atoms with Crippen LogP contribution in [0, 0.1) is 5.92 Å². The first-order chi connectivity index (χ1) is 15.3. The maximum atomic E-state index is 12.7. The second-order valence-electron chi connectivity index (χ2n) is 8.28. The van der Waals surface area contributed by atoms with E-state index in [1.807, 2.05) is 44.2 Å². The highest BCUT2D eigenvalue weighted by atomic mass is 35.5. The van der Waals surface area contributed by atoms with Crippen LogP contribution < -0.4 is 0 Å². The number of rotatable bonds is 7. The zero-order valence-corrected chi connectivity index (χ0v) is 19.3. The van der Waals surface area contributed by atoms with Crippen LogP contribution >= 0.6 is 11.6 Å². The van der Waals surface area contributed by atoms with Crippen LogP contribution in [-0.4, -0.2) is 53.3 Å². The van der Waals surface area contributed by atoms with Crippen molar-refractivity contribution < 1.29 is 19.1 Å². The van der Waals surface area contributed by atoms with E-state index in [1.54, 1.807) is 34.1 Å². The van der Waals surface area contributed by atoms with Gasteiger partial charge in [-0.2, -0.15) is 0 Å². The molecule has 1 aliphatic rings. The Bertz CT molecular complexity index is 923. The van der Waals surface area contributed by atoms with Gasteiger partial charge in [-0.25, -0.2) is 0 Å². The summed E-state index contributed by atoms with van der Waals surface area (Å²) in [5.41, 5.74) is 1.60. The lowest BCUT2D eigenvalue weighted by molar-refractivity contribution is -0.157. The fourth-order valence-electron chi connectivity index (χ4n) is 3.77. The summed E-state index contributed by atoms with van der Waals surface area (Å²) in [6.07, 6.45) is 1.04. The molecule has 0 aromatic heterocycles. The van der Waals surface area contributed by atoms with Crippen molar-refractivity contribution in [1.82, 2.24) is 9.80 Å². The molecule has 0 radical (unpaired) electrons. The summed E-state index contributed by atoms with van der Waals surface area (Å²) >= 11 is 5.88. The van der Waals surface area contributed by atoms with Crippen molar-refractivity contribution in [1.29, 1.82) is 0 Å². The highest BCUT2D eigenvalue weighted by Crippen LogP contribution is 2.21. The van der Waals surface area contributed by atoms with E-state index in [0.717, 1.165) is 5.56 Å². The van der Waals surface area contributed by atoms with Crippen molar-refractivity contribution in [3.63, 3.8) is 0 Å². The third-order valence-electron chi connectivity index (χ3n) is 5.68. The van der Waals surface area contributed by atoms with E-state index in [1.165, 1.54) is 0 Å². The van der Waals surface area contributed by atoms with E-state index < -0.39 is 0 Å². The molecule has 1 saturated heterocycles. The van der Waals surface area contributed by atoms with Gasteiger partial charge in [-0.3, -0.25) is 14.4 Å². The molecule has 2 aromatic rings. The number of hydrogen-bond donors (Lipinski definition) is 0. The quantitative estimate of drug-likeness (QED) is 0.586. The van der Waals surface area contributed by atoms with E-state index in [-0.39, 0.29) is 36.4 Å². The lowest BCUT2D eigenvalue weighted by atomic mass is 9.96. The summed E-state index contributed by atoms with van der Waals surface area (Å²) in [7, 11) is 0. The summed E-state index contributed by atoms with van der Waals surface area (Å²) < 4.78 is 5.36. The number of ether oxygens (including phenoxy) is 1. The third-order valence-corrected chi connectivity index (χ3v) is 5.94. The van der Waals surface area contributed by atoms with Gasteiger partial charge < -0.3 is 14.5 Å². The Balaban J connectivity index is 1.47. The zero-order chi connectivity index (χ0) is 23.1.